The van der Waals surface area contributed by atoms with Gasteiger partial charge in [-0.25, -0.2) is 4.79 Å². The van der Waals surface area contributed by atoms with E-state index in [1.165, 1.54) is 0 Å². The van der Waals surface area contributed by atoms with Crippen molar-refractivity contribution < 1.29 is 9.90 Å². The fraction of sp³-hybridized carbons (Fsp3) is 0.562. The lowest BCUT2D eigenvalue weighted by Gasteiger charge is -2.35. The number of hydrogen-bond donors (Lipinski definition) is 2. The molecule has 4 nitrogen and oxygen atoms in total. The SMILES string of the molecule is CCNC(CN(C)CC(C)C)(C(=O)O)c1ccccc1. The van der Waals surface area contributed by atoms with Crippen LogP contribution in [0.5, 0.6) is 0 Å². The van der Waals surface area contributed by atoms with Gasteiger partial charge in [0.05, 0.1) is 0 Å². The highest BCUT2D eigenvalue weighted by Crippen LogP contribution is 2.23. The minimum atomic E-state index is -1.06. The first kappa shape index (κ1) is 16.7. The maximum Gasteiger partial charge on any atom is 0.329 e. The van der Waals surface area contributed by atoms with Crippen LogP contribution in [-0.4, -0.2) is 42.7 Å². The summed E-state index contributed by atoms with van der Waals surface area (Å²) in [5, 5.41) is 13.0. The van der Waals surface area contributed by atoms with Crippen LogP contribution in [-0.2, 0) is 10.3 Å². The van der Waals surface area contributed by atoms with Gasteiger partial charge in [0.25, 0.3) is 0 Å². The normalized spacial score (nSPS) is 14.5. The van der Waals surface area contributed by atoms with Crippen molar-refractivity contribution in [3.05, 3.63) is 35.9 Å². The average Bonchev–Trinajstić information content (AvgIpc) is 2.38. The first-order chi connectivity index (χ1) is 9.42. The van der Waals surface area contributed by atoms with E-state index >= 15 is 0 Å². The lowest BCUT2D eigenvalue weighted by atomic mass is 9.89. The summed E-state index contributed by atoms with van der Waals surface area (Å²) in [6, 6.07) is 9.42. The third-order valence-electron chi connectivity index (χ3n) is 3.29. The first-order valence-corrected chi connectivity index (χ1v) is 7.15. The van der Waals surface area contributed by atoms with Crippen LogP contribution in [0.15, 0.2) is 30.3 Å². The smallest absolute Gasteiger partial charge is 0.329 e. The second-order valence-corrected chi connectivity index (χ2v) is 5.70. The molecule has 0 aliphatic carbocycles. The molecule has 0 bridgehead atoms. The molecule has 2 N–H and O–H groups in total. The number of nitrogens with zero attached hydrogens (tertiary/aromatic N) is 1. The molecule has 0 spiro atoms. The third kappa shape index (κ3) is 4.05. The zero-order valence-electron chi connectivity index (χ0n) is 12.9. The molecule has 1 rings (SSSR count). The Morgan fingerprint density at radius 3 is 2.40 bits per heavy atom. The van der Waals surface area contributed by atoms with Crippen molar-refractivity contribution in [1.29, 1.82) is 0 Å². The highest BCUT2D eigenvalue weighted by molar-refractivity contribution is 5.81. The van der Waals surface area contributed by atoms with Gasteiger partial charge in [-0.2, -0.15) is 0 Å². The Balaban J connectivity index is 3.09. The fourth-order valence-corrected chi connectivity index (χ4v) is 2.63. The number of hydrogen-bond acceptors (Lipinski definition) is 3. The summed E-state index contributed by atoms with van der Waals surface area (Å²) < 4.78 is 0. The van der Waals surface area contributed by atoms with Crippen molar-refractivity contribution in [3.63, 3.8) is 0 Å². The Hall–Kier alpha value is -1.39. The number of benzene rings is 1. The highest BCUT2D eigenvalue weighted by Gasteiger charge is 2.40. The highest BCUT2D eigenvalue weighted by atomic mass is 16.4. The van der Waals surface area contributed by atoms with Crippen molar-refractivity contribution in [2.75, 3.05) is 26.7 Å². The van der Waals surface area contributed by atoms with Crippen LogP contribution in [0.25, 0.3) is 0 Å². The second-order valence-electron chi connectivity index (χ2n) is 5.70. The number of nitrogens with one attached hydrogen (secondary N) is 1. The van der Waals surface area contributed by atoms with Gasteiger partial charge in [0.15, 0.2) is 5.54 Å². The van der Waals surface area contributed by atoms with Gasteiger partial charge in [-0.3, -0.25) is 5.32 Å². The van der Waals surface area contributed by atoms with Gasteiger partial charge in [-0.15, -0.1) is 0 Å². The van der Waals surface area contributed by atoms with Crippen LogP contribution in [0, 0.1) is 5.92 Å². The summed E-state index contributed by atoms with van der Waals surface area (Å²) in [5.74, 6) is -0.329. The first-order valence-electron chi connectivity index (χ1n) is 7.15. The van der Waals surface area contributed by atoms with Crippen molar-refractivity contribution in [2.24, 2.45) is 5.92 Å². The topological polar surface area (TPSA) is 52.6 Å². The molecule has 0 fully saturated rings. The Labute approximate surface area is 121 Å². The number of likely N-dealkylation sites (N-methyl/N-ethyl adjacent to an activating group) is 2. The van der Waals surface area contributed by atoms with Crippen molar-refractivity contribution in [2.45, 2.75) is 26.3 Å². The Morgan fingerprint density at radius 2 is 1.95 bits per heavy atom. The van der Waals surface area contributed by atoms with Gasteiger partial charge in [0.1, 0.15) is 0 Å². The van der Waals surface area contributed by atoms with Crippen LogP contribution >= 0.6 is 0 Å². The molecule has 20 heavy (non-hydrogen) atoms. The molecule has 1 unspecified atom stereocenters. The van der Waals surface area contributed by atoms with E-state index in [2.05, 4.69) is 24.1 Å². The average molecular weight is 278 g/mol. The van der Waals surface area contributed by atoms with Crippen LogP contribution < -0.4 is 5.32 Å². The molecule has 0 aromatic heterocycles. The number of carboxylic acid groups (broad SMARTS) is 1. The van der Waals surface area contributed by atoms with E-state index in [1.807, 2.05) is 44.3 Å². The van der Waals surface area contributed by atoms with Crippen LogP contribution in [0.2, 0.25) is 0 Å². The summed E-state index contributed by atoms with van der Waals surface area (Å²) in [7, 11) is 1.97. The molecule has 0 amide bonds. The van der Waals surface area contributed by atoms with Crippen molar-refractivity contribution in [3.8, 4) is 0 Å². The zero-order valence-corrected chi connectivity index (χ0v) is 12.9. The summed E-state index contributed by atoms with van der Waals surface area (Å²) in [5.41, 5.74) is -0.260. The molecule has 0 saturated heterocycles. The minimum absolute atomic E-state index is 0.443. The second kappa shape index (κ2) is 7.41. The number of carbonyl (C=O) groups is 1. The molecular formula is C16H26N2O2. The Morgan fingerprint density at radius 1 is 1.35 bits per heavy atom. The summed E-state index contributed by atoms with van der Waals surface area (Å²) >= 11 is 0. The monoisotopic (exact) mass is 278 g/mol. The molecule has 0 aliphatic heterocycles. The van der Waals surface area contributed by atoms with Gasteiger partial charge < -0.3 is 10.0 Å². The standard InChI is InChI=1S/C16H26N2O2/c1-5-17-16(15(19)20,12-18(4)11-13(2)3)14-9-7-6-8-10-14/h6-10,13,17H,5,11-12H2,1-4H3,(H,19,20). The maximum atomic E-state index is 11.9. The number of carboxylic acids is 1. The molecule has 1 aromatic carbocycles. The Bertz CT molecular complexity index is 420. The molecule has 0 saturated carbocycles. The van der Waals surface area contributed by atoms with E-state index in [-0.39, 0.29) is 0 Å². The van der Waals surface area contributed by atoms with Crippen LogP contribution in [0.1, 0.15) is 26.3 Å². The molecule has 1 aromatic rings. The largest absolute Gasteiger partial charge is 0.480 e. The van der Waals surface area contributed by atoms with E-state index in [0.29, 0.717) is 19.0 Å². The van der Waals surface area contributed by atoms with Crippen molar-refractivity contribution >= 4 is 5.97 Å². The summed E-state index contributed by atoms with van der Waals surface area (Å²) in [6.45, 7) is 8.12. The van der Waals surface area contributed by atoms with E-state index in [1.54, 1.807) is 0 Å². The predicted octanol–water partition coefficient (Wildman–Crippen LogP) is 2.16. The summed E-state index contributed by atoms with van der Waals surface area (Å²) in [4.78, 5) is 14.0. The number of aliphatic carboxylic acids is 1. The number of rotatable bonds is 8. The molecule has 0 heterocycles. The lowest BCUT2D eigenvalue weighted by Crippen LogP contribution is -2.56. The third-order valence-corrected chi connectivity index (χ3v) is 3.29. The molecule has 0 radical (unpaired) electrons. The molecule has 4 heteroatoms. The quantitative estimate of drug-likeness (QED) is 0.765. The van der Waals surface area contributed by atoms with E-state index in [0.717, 1.165) is 12.1 Å². The zero-order chi connectivity index (χ0) is 15.2. The van der Waals surface area contributed by atoms with Gasteiger partial charge in [-0.1, -0.05) is 51.1 Å². The molecule has 112 valence electrons. The Kier molecular flexibility index (Phi) is 6.17. The molecular weight excluding hydrogens is 252 g/mol. The van der Waals surface area contributed by atoms with Gasteiger partial charge in [0, 0.05) is 13.1 Å². The van der Waals surface area contributed by atoms with Gasteiger partial charge in [-0.05, 0) is 25.1 Å². The van der Waals surface area contributed by atoms with E-state index in [9.17, 15) is 9.90 Å². The van der Waals surface area contributed by atoms with Gasteiger partial charge >= 0.3 is 5.97 Å². The van der Waals surface area contributed by atoms with Crippen molar-refractivity contribution in [1.82, 2.24) is 10.2 Å². The van der Waals surface area contributed by atoms with Crippen LogP contribution in [0.3, 0.4) is 0 Å². The lowest BCUT2D eigenvalue weighted by molar-refractivity contribution is -0.146. The summed E-state index contributed by atoms with van der Waals surface area (Å²) in [6.07, 6.45) is 0. The molecule has 1 atom stereocenters. The van der Waals surface area contributed by atoms with E-state index in [4.69, 9.17) is 0 Å². The minimum Gasteiger partial charge on any atom is -0.480 e. The van der Waals surface area contributed by atoms with E-state index < -0.39 is 11.5 Å². The van der Waals surface area contributed by atoms with Gasteiger partial charge in [0.2, 0.25) is 0 Å². The van der Waals surface area contributed by atoms with Crippen LogP contribution in [0.4, 0.5) is 0 Å². The molecule has 0 aliphatic rings. The fourth-order valence-electron chi connectivity index (χ4n) is 2.63. The maximum absolute atomic E-state index is 11.9. The predicted molar refractivity (Wildman–Crippen MR) is 81.8 cm³/mol.